The van der Waals surface area contributed by atoms with E-state index in [4.69, 9.17) is 32.7 Å². The van der Waals surface area contributed by atoms with Crippen LogP contribution in [0.3, 0.4) is 0 Å². The van der Waals surface area contributed by atoms with Crippen LogP contribution in [0.2, 0.25) is 10.0 Å². The molecule has 2 aromatic carbocycles. The molecule has 0 spiro atoms. The van der Waals surface area contributed by atoms with Crippen LogP contribution in [-0.2, 0) is 4.79 Å². The smallest absolute Gasteiger partial charge is 0.263 e. The molecular weight excluding hydrogens is 411 g/mol. The predicted octanol–water partition coefficient (Wildman–Crippen LogP) is 5.11. The molecule has 4 nitrogen and oxygen atoms in total. The van der Waals surface area contributed by atoms with Crippen LogP contribution in [-0.4, -0.2) is 36.1 Å². The molecule has 0 saturated carbocycles. The number of ether oxygens (including phenoxy) is 2. The van der Waals surface area contributed by atoms with Crippen molar-refractivity contribution in [3.63, 3.8) is 0 Å². The number of likely N-dealkylation sites (tertiary alicyclic amines) is 1. The van der Waals surface area contributed by atoms with Gasteiger partial charge in [-0.15, -0.1) is 0 Å². The second-order valence-electron chi connectivity index (χ2n) is 6.55. The molecule has 8 heteroatoms. The number of halogens is 4. The van der Waals surface area contributed by atoms with Crippen molar-refractivity contribution in [1.82, 2.24) is 4.90 Å². The van der Waals surface area contributed by atoms with E-state index < -0.39 is 17.7 Å². The molecule has 1 aliphatic rings. The van der Waals surface area contributed by atoms with E-state index >= 15 is 0 Å². The van der Waals surface area contributed by atoms with E-state index in [9.17, 15) is 13.6 Å². The van der Waals surface area contributed by atoms with Gasteiger partial charge in [0.1, 0.15) is 17.6 Å². The molecule has 1 amide bonds. The van der Waals surface area contributed by atoms with Gasteiger partial charge in [0.15, 0.2) is 17.7 Å². The zero-order valence-corrected chi connectivity index (χ0v) is 16.6. The molecule has 2 aromatic rings. The molecule has 0 aromatic heterocycles. The monoisotopic (exact) mass is 429 g/mol. The number of amides is 1. The van der Waals surface area contributed by atoms with E-state index in [0.29, 0.717) is 41.7 Å². The van der Waals surface area contributed by atoms with Crippen LogP contribution < -0.4 is 9.47 Å². The number of benzene rings is 2. The standard InChI is InChI=1S/C20H19Cl2F2NO3/c1-12(27-19-5-2-13(21)10-16(19)22)20(26)25-8-6-14(7-9-25)28-15-3-4-17(23)18(24)11-15/h2-5,10-12,14H,6-9H2,1H3. The zero-order valence-electron chi connectivity index (χ0n) is 15.1. The van der Waals surface area contributed by atoms with Crippen LogP contribution in [0.5, 0.6) is 11.5 Å². The summed E-state index contributed by atoms with van der Waals surface area (Å²) in [7, 11) is 0. The van der Waals surface area contributed by atoms with Crippen molar-refractivity contribution in [3.8, 4) is 11.5 Å². The molecule has 3 rings (SSSR count). The van der Waals surface area contributed by atoms with Crippen molar-refractivity contribution in [3.05, 3.63) is 58.1 Å². The quantitative estimate of drug-likeness (QED) is 0.662. The first-order chi connectivity index (χ1) is 13.3. The molecule has 150 valence electrons. The number of hydrogen-bond donors (Lipinski definition) is 0. The minimum atomic E-state index is -0.947. The lowest BCUT2D eigenvalue weighted by atomic mass is 10.1. The van der Waals surface area contributed by atoms with Gasteiger partial charge in [-0.3, -0.25) is 4.79 Å². The average Bonchev–Trinajstić information content (AvgIpc) is 2.67. The summed E-state index contributed by atoms with van der Waals surface area (Å²) in [5.41, 5.74) is 0. The van der Waals surface area contributed by atoms with Crippen molar-refractivity contribution < 1.29 is 23.0 Å². The highest BCUT2D eigenvalue weighted by Crippen LogP contribution is 2.29. The Hall–Kier alpha value is -2.05. The van der Waals surface area contributed by atoms with Crippen molar-refractivity contribution in [1.29, 1.82) is 0 Å². The number of nitrogens with zero attached hydrogens (tertiary/aromatic N) is 1. The van der Waals surface area contributed by atoms with Crippen LogP contribution >= 0.6 is 23.2 Å². The second kappa shape index (κ2) is 8.97. The van der Waals surface area contributed by atoms with E-state index in [-0.39, 0.29) is 17.8 Å². The SMILES string of the molecule is CC(Oc1ccc(Cl)cc1Cl)C(=O)N1CCC(Oc2ccc(F)c(F)c2)CC1. The summed E-state index contributed by atoms with van der Waals surface area (Å²) >= 11 is 11.9. The first-order valence-electron chi connectivity index (χ1n) is 8.85. The third-order valence-corrected chi connectivity index (χ3v) is 5.02. The first kappa shape index (κ1) is 20.7. The summed E-state index contributed by atoms with van der Waals surface area (Å²) < 4.78 is 37.6. The number of rotatable bonds is 5. The fourth-order valence-electron chi connectivity index (χ4n) is 3.01. The topological polar surface area (TPSA) is 38.8 Å². The third-order valence-electron chi connectivity index (χ3n) is 4.49. The summed E-state index contributed by atoms with van der Waals surface area (Å²) in [6.45, 7) is 2.63. The van der Waals surface area contributed by atoms with E-state index in [1.807, 2.05) is 0 Å². The minimum absolute atomic E-state index is 0.155. The van der Waals surface area contributed by atoms with Gasteiger partial charge in [0.25, 0.3) is 5.91 Å². The van der Waals surface area contributed by atoms with Gasteiger partial charge >= 0.3 is 0 Å². The number of hydrogen-bond acceptors (Lipinski definition) is 3. The Morgan fingerprint density at radius 3 is 2.46 bits per heavy atom. The zero-order chi connectivity index (χ0) is 20.3. The van der Waals surface area contributed by atoms with Crippen molar-refractivity contribution in [2.45, 2.75) is 32.0 Å². The highest BCUT2D eigenvalue weighted by molar-refractivity contribution is 6.35. The maximum atomic E-state index is 13.3. The maximum Gasteiger partial charge on any atom is 0.263 e. The summed E-state index contributed by atoms with van der Waals surface area (Å²) in [6, 6.07) is 8.26. The fraction of sp³-hybridized carbons (Fsp3) is 0.350. The lowest BCUT2D eigenvalue weighted by molar-refractivity contribution is -0.139. The molecular formula is C20H19Cl2F2NO3. The van der Waals surface area contributed by atoms with Crippen molar-refractivity contribution in [2.24, 2.45) is 0 Å². The molecule has 0 bridgehead atoms. The summed E-state index contributed by atoms with van der Waals surface area (Å²) in [4.78, 5) is 14.3. The normalized spacial score (nSPS) is 16.0. The lowest BCUT2D eigenvalue weighted by Gasteiger charge is -2.33. The lowest BCUT2D eigenvalue weighted by Crippen LogP contribution is -2.46. The van der Waals surface area contributed by atoms with Crippen LogP contribution in [0.1, 0.15) is 19.8 Å². The molecule has 1 fully saturated rings. The maximum absolute atomic E-state index is 13.3. The van der Waals surface area contributed by atoms with Crippen molar-refractivity contribution in [2.75, 3.05) is 13.1 Å². The highest BCUT2D eigenvalue weighted by Gasteiger charge is 2.28. The largest absolute Gasteiger partial charge is 0.490 e. The van der Waals surface area contributed by atoms with E-state index in [1.54, 1.807) is 30.0 Å². The Balaban J connectivity index is 1.52. The molecule has 1 atom stereocenters. The Kier molecular flexibility index (Phi) is 6.62. The van der Waals surface area contributed by atoms with E-state index in [0.717, 1.165) is 12.1 Å². The average molecular weight is 430 g/mol. The highest BCUT2D eigenvalue weighted by atomic mass is 35.5. The molecule has 28 heavy (non-hydrogen) atoms. The van der Waals surface area contributed by atoms with Gasteiger partial charge in [-0.05, 0) is 37.3 Å². The summed E-state index contributed by atoms with van der Waals surface area (Å²) in [5.74, 6) is -1.35. The van der Waals surface area contributed by atoms with Gasteiger partial charge in [-0.1, -0.05) is 23.2 Å². The molecule has 1 aliphatic heterocycles. The summed E-state index contributed by atoms with van der Waals surface area (Å²) in [6.07, 6.45) is 0.288. The number of carbonyl (C=O) groups is 1. The summed E-state index contributed by atoms with van der Waals surface area (Å²) in [5, 5.41) is 0.824. The fourth-order valence-corrected chi connectivity index (χ4v) is 3.46. The van der Waals surface area contributed by atoms with Crippen LogP contribution in [0, 0.1) is 11.6 Å². The van der Waals surface area contributed by atoms with Crippen LogP contribution in [0.15, 0.2) is 36.4 Å². The van der Waals surface area contributed by atoms with Crippen LogP contribution in [0.4, 0.5) is 8.78 Å². The molecule has 0 radical (unpaired) electrons. The van der Waals surface area contributed by atoms with Crippen molar-refractivity contribution >= 4 is 29.1 Å². The second-order valence-corrected chi connectivity index (χ2v) is 7.40. The van der Waals surface area contributed by atoms with Gasteiger partial charge in [-0.2, -0.15) is 0 Å². The molecule has 1 unspecified atom stereocenters. The minimum Gasteiger partial charge on any atom is -0.490 e. The molecule has 0 N–H and O–H groups in total. The van der Waals surface area contributed by atoms with Crippen LogP contribution in [0.25, 0.3) is 0 Å². The molecule has 0 aliphatic carbocycles. The Morgan fingerprint density at radius 1 is 1.11 bits per heavy atom. The first-order valence-corrected chi connectivity index (χ1v) is 9.61. The van der Waals surface area contributed by atoms with Gasteiger partial charge < -0.3 is 14.4 Å². The Bertz CT molecular complexity index is 857. The Morgan fingerprint density at radius 2 is 1.82 bits per heavy atom. The van der Waals surface area contributed by atoms with E-state index in [2.05, 4.69) is 0 Å². The third kappa shape index (κ3) is 5.06. The van der Waals surface area contributed by atoms with Gasteiger partial charge in [0, 0.05) is 37.0 Å². The number of piperidine rings is 1. The predicted molar refractivity (Wildman–Crippen MR) is 103 cm³/mol. The number of carbonyl (C=O) groups excluding carboxylic acids is 1. The van der Waals surface area contributed by atoms with Gasteiger partial charge in [0.05, 0.1) is 5.02 Å². The molecule has 1 saturated heterocycles. The molecule has 1 heterocycles. The Labute approximate surface area is 171 Å². The van der Waals surface area contributed by atoms with Gasteiger partial charge in [-0.25, -0.2) is 8.78 Å². The van der Waals surface area contributed by atoms with E-state index in [1.165, 1.54) is 6.07 Å². The van der Waals surface area contributed by atoms with Gasteiger partial charge in [0.2, 0.25) is 0 Å².